The number of halogens is 2. The van der Waals surface area contributed by atoms with Gasteiger partial charge in [0.1, 0.15) is 5.82 Å². The summed E-state index contributed by atoms with van der Waals surface area (Å²) < 4.78 is 13.8. The van der Waals surface area contributed by atoms with E-state index in [4.69, 9.17) is 11.6 Å². The smallest absolute Gasteiger partial charge is 0.299 e. The van der Waals surface area contributed by atoms with Gasteiger partial charge in [0.2, 0.25) is 0 Å². The molecule has 3 nitrogen and oxygen atoms in total. The Morgan fingerprint density at radius 2 is 2.11 bits per heavy atom. The molecule has 1 aliphatic rings. The fourth-order valence-corrected chi connectivity index (χ4v) is 2.59. The van der Waals surface area contributed by atoms with Crippen molar-refractivity contribution in [3.05, 3.63) is 28.5 Å². The van der Waals surface area contributed by atoms with Crippen molar-refractivity contribution in [2.75, 3.05) is 23.5 Å². The number of rotatable bonds is 4. The lowest BCUT2D eigenvalue weighted by molar-refractivity contribution is -0.114. The highest BCUT2D eigenvalue weighted by Gasteiger charge is 2.39. The highest BCUT2D eigenvalue weighted by atomic mass is 35.5. The Kier molecular flexibility index (Phi) is 3.92. The van der Waals surface area contributed by atoms with E-state index in [1.807, 2.05) is 6.26 Å². The summed E-state index contributed by atoms with van der Waals surface area (Å²) >= 11 is 7.49. The second-order valence-corrected chi connectivity index (χ2v) is 5.28. The quantitative estimate of drug-likeness (QED) is 0.631. The molecule has 0 fully saturated rings. The maximum atomic E-state index is 13.8. The number of amides is 1. The molecule has 1 heterocycles. The molecular weight excluding hydrogens is 277 g/mol. The number of fused-ring (bicyclic) bond motifs is 1. The van der Waals surface area contributed by atoms with Gasteiger partial charge in [-0.05, 0) is 30.6 Å². The lowest BCUT2D eigenvalue weighted by Crippen LogP contribution is -2.31. The number of carbonyl (C=O) groups is 2. The summed E-state index contributed by atoms with van der Waals surface area (Å²) in [5.74, 6) is -1.16. The molecule has 18 heavy (non-hydrogen) atoms. The lowest BCUT2D eigenvalue weighted by atomic mass is 10.1. The first kappa shape index (κ1) is 13.4. The number of ketones is 1. The topological polar surface area (TPSA) is 37.4 Å². The molecule has 0 aliphatic carbocycles. The van der Waals surface area contributed by atoms with Crippen LogP contribution in [0.5, 0.6) is 0 Å². The van der Waals surface area contributed by atoms with Crippen molar-refractivity contribution < 1.29 is 14.0 Å². The average molecular weight is 288 g/mol. The van der Waals surface area contributed by atoms with Crippen LogP contribution in [0.1, 0.15) is 16.8 Å². The van der Waals surface area contributed by atoms with E-state index >= 15 is 0 Å². The molecule has 1 aromatic carbocycles. The van der Waals surface area contributed by atoms with Gasteiger partial charge in [-0.2, -0.15) is 11.8 Å². The van der Waals surface area contributed by atoms with E-state index in [0.717, 1.165) is 5.75 Å². The van der Waals surface area contributed by atoms with E-state index < -0.39 is 17.5 Å². The molecule has 2 rings (SSSR count). The number of carbonyl (C=O) groups excluding carboxylic acids is 2. The van der Waals surface area contributed by atoms with Crippen molar-refractivity contribution in [3.8, 4) is 0 Å². The van der Waals surface area contributed by atoms with Crippen LogP contribution in [0.4, 0.5) is 10.1 Å². The van der Waals surface area contributed by atoms with Gasteiger partial charge in [0, 0.05) is 6.54 Å². The number of Topliss-reactive ketones (excluding diaryl/α,β-unsaturated/α-hetero) is 1. The molecule has 1 aliphatic heterocycles. The predicted octanol–water partition coefficient (Wildman–Crippen LogP) is 2.76. The van der Waals surface area contributed by atoms with Gasteiger partial charge in [0.25, 0.3) is 11.7 Å². The van der Waals surface area contributed by atoms with Crippen LogP contribution in [-0.2, 0) is 4.79 Å². The monoisotopic (exact) mass is 287 g/mol. The Morgan fingerprint density at radius 3 is 2.78 bits per heavy atom. The van der Waals surface area contributed by atoms with Gasteiger partial charge in [-0.1, -0.05) is 11.6 Å². The predicted molar refractivity (Wildman–Crippen MR) is 71.1 cm³/mol. The molecule has 0 radical (unpaired) electrons. The number of hydrogen-bond donors (Lipinski definition) is 0. The fraction of sp³-hybridized carbons (Fsp3) is 0.333. The largest absolute Gasteiger partial charge is 0.302 e. The molecule has 0 saturated heterocycles. The third-order valence-corrected chi connectivity index (χ3v) is 3.76. The highest BCUT2D eigenvalue weighted by Crippen LogP contribution is 2.36. The molecule has 0 unspecified atom stereocenters. The van der Waals surface area contributed by atoms with E-state index in [2.05, 4.69) is 0 Å². The molecule has 96 valence electrons. The zero-order chi connectivity index (χ0) is 13.3. The standard InChI is InChI=1S/C12H11ClFNO2S/c1-18-6-2-5-15-10-8(14)4-3-7(13)9(10)11(16)12(15)17/h3-4H,2,5-6H2,1H3. The Labute approximate surface area is 113 Å². The van der Waals surface area contributed by atoms with Gasteiger partial charge in [-0.25, -0.2) is 4.39 Å². The molecule has 0 atom stereocenters. The lowest BCUT2D eigenvalue weighted by Gasteiger charge is -2.16. The van der Waals surface area contributed by atoms with Gasteiger partial charge in [0.15, 0.2) is 0 Å². The number of hydrogen-bond acceptors (Lipinski definition) is 3. The Hall–Kier alpha value is -1.07. The molecule has 1 amide bonds. The first-order valence-electron chi connectivity index (χ1n) is 5.41. The average Bonchev–Trinajstić information content (AvgIpc) is 2.60. The number of thioether (sulfide) groups is 1. The van der Waals surface area contributed by atoms with Crippen LogP contribution < -0.4 is 4.90 Å². The van der Waals surface area contributed by atoms with E-state index in [0.29, 0.717) is 13.0 Å². The van der Waals surface area contributed by atoms with Crippen LogP contribution in [0.15, 0.2) is 12.1 Å². The summed E-state index contributed by atoms with van der Waals surface area (Å²) in [4.78, 5) is 24.8. The molecule has 0 bridgehead atoms. The molecule has 0 spiro atoms. The molecule has 0 N–H and O–H groups in total. The minimum Gasteiger partial charge on any atom is -0.302 e. The van der Waals surface area contributed by atoms with Crippen molar-refractivity contribution in [3.63, 3.8) is 0 Å². The summed E-state index contributed by atoms with van der Waals surface area (Å²) in [6, 6.07) is 2.47. The number of benzene rings is 1. The molecule has 6 heteroatoms. The van der Waals surface area contributed by atoms with Crippen molar-refractivity contribution in [1.29, 1.82) is 0 Å². The molecule has 1 aromatic rings. The van der Waals surface area contributed by atoms with Gasteiger partial charge in [-0.15, -0.1) is 0 Å². The number of anilines is 1. The Bertz CT molecular complexity index is 521. The summed E-state index contributed by atoms with van der Waals surface area (Å²) in [5.41, 5.74) is 0.0180. The summed E-state index contributed by atoms with van der Waals surface area (Å²) in [6.07, 6.45) is 2.65. The van der Waals surface area contributed by atoms with Gasteiger partial charge < -0.3 is 4.90 Å². The van der Waals surface area contributed by atoms with Crippen LogP contribution in [0, 0.1) is 5.82 Å². The maximum Gasteiger partial charge on any atom is 0.299 e. The zero-order valence-corrected chi connectivity index (χ0v) is 11.3. The van der Waals surface area contributed by atoms with Crippen molar-refractivity contribution >= 4 is 40.7 Å². The Morgan fingerprint density at radius 1 is 1.39 bits per heavy atom. The summed E-state index contributed by atoms with van der Waals surface area (Å²) in [5, 5.41) is 0.122. The van der Waals surface area contributed by atoms with Crippen LogP contribution in [0.3, 0.4) is 0 Å². The van der Waals surface area contributed by atoms with Crippen LogP contribution in [0.25, 0.3) is 0 Å². The minimum atomic E-state index is -0.723. The van der Waals surface area contributed by atoms with Crippen LogP contribution >= 0.6 is 23.4 Å². The second-order valence-electron chi connectivity index (χ2n) is 3.89. The van der Waals surface area contributed by atoms with Crippen LogP contribution in [-0.4, -0.2) is 30.2 Å². The summed E-state index contributed by atoms with van der Waals surface area (Å²) in [6.45, 7) is 0.329. The fourth-order valence-electron chi connectivity index (χ4n) is 1.93. The second kappa shape index (κ2) is 5.28. The SMILES string of the molecule is CSCCCN1C(=O)C(=O)c2c(Cl)ccc(F)c21. The molecular formula is C12H11ClFNO2S. The first-order chi connectivity index (χ1) is 8.57. The zero-order valence-electron chi connectivity index (χ0n) is 9.70. The Balaban J connectivity index is 2.39. The van der Waals surface area contributed by atoms with Crippen molar-refractivity contribution in [2.24, 2.45) is 0 Å². The molecule has 0 saturated carbocycles. The minimum absolute atomic E-state index is 0.00850. The normalized spacial score (nSPS) is 14.3. The van der Waals surface area contributed by atoms with Crippen molar-refractivity contribution in [2.45, 2.75) is 6.42 Å². The van der Waals surface area contributed by atoms with E-state index in [9.17, 15) is 14.0 Å². The number of nitrogens with zero attached hydrogens (tertiary/aromatic N) is 1. The van der Waals surface area contributed by atoms with Crippen molar-refractivity contribution in [1.82, 2.24) is 0 Å². The third kappa shape index (κ3) is 2.12. The first-order valence-corrected chi connectivity index (χ1v) is 7.18. The summed E-state index contributed by atoms with van der Waals surface area (Å²) in [7, 11) is 0. The van der Waals surface area contributed by atoms with Crippen LogP contribution in [0.2, 0.25) is 5.02 Å². The highest BCUT2D eigenvalue weighted by molar-refractivity contribution is 7.98. The third-order valence-electron chi connectivity index (χ3n) is 2.74. The van der Waals surface area contributed by atoms with Gasteiger partial charge in [0.05, 0.1) is 16.3 Å². The molecule has 0 aromatic heterocycles. The van der Waals surface area contributed by atoms with E-state index in [1.165, 1.54) is 17.0 Å². The van der Waals surface area contributed by atoms with Gasteiger partial charge in [-0.3, -0.25) is 9.59 Å². The van der Waals surface area contributed by atoms with E-state index in [-0.39, 0.29) is 16.3 Å². The van der Waals surface area contributed by atoms with E-state index in [1.54, 1.807) is 11.8 Å². The maximum absolute atomic E-state index is 13.8. The van der Waals surface area contributed by atoms with Gasteiger partial charge >= 0.3 is 0 Å².